The minimum atomic E-state index is -0.833. The van der Waals surface area contributed by atoms with Gasteiger partial charge in [0.2, 0.25) is 5.91 Å². The van der Waals surface area contributed by atoms with Crippen molar-refractivity contribution in [3.8, 4) is 5.69 Å². The molecule has 0 radical (unpaired) electrons. The van der Waals surface area contributed by atoms with Gasteiger partial charge >= 0.3 is 0 Å². The van der Waals surface area contributed by atoms with Crippen molar-refractivity contribution in [2.45, 2.75) is 40.2 Å². The topological polar surface area (TPSA) is 70.4 Å². The lowest BCUT2D eigenvalue weighted by Crippen LogP contribution is -2.42. The molecule has 136 valence electrons. The van der Waals surface area contributed by atoms with Crippen molar-refractivity contribution in [3.63, 3.8) is 0 Å². The van der Waals surface area contributed by atoms with Crippen LogP contribution in [0.2, 0.25) is 0 Å². The highest BCUT2D eigenvalue weighted by Gasteiger charge is 2.21. The van der Waals surface area contributed by atoms with Crippen molar-refractivity contribution >= 4 is 11.6 Å². The van der Waals surface area contributed by atoms with E-state index in [-0.39, 0.29) is 12.5 Å². The molecule has 25 heavy (non-hydrogen) atoms. The van der Waals surface area contributed by atoms with Gasteiger partial charge in [0.05, 0.1) is 34.9 Å². The Morgan fingerprint density at radius 3 is 2.48 bits per heavy atom. The number of hydrogen-bond donors (Lipinski definition) is 2. The number of carbonyl (C=O) groups excluding carboxylic acids is 1. The van der Waals surface area contributed by atoms with Gasteiger partial charge in [-0.1, -0.05) is 25.1 Å². The molecule has 6 nitrogen and oxygen atoms in total. The van der Waals surface area contributed by atoms with Gasteiger partial charge in [-0.25, -0.2) is 4.68 Å². The molecule has 0 saturated carbocycles. The molecule has 0 aliphatic carbocycles. The molecule has 0 atom stereocenters. The lowest BCUT2D eigenvalue weighted by atomic mass is 10.1. The van der Waals surface area contributed by atoms with Crippen LogP contribution >= 0.6 is 0 Å². The van der Waals surface area contributed by atoms with E-state index >= 15 is 0 Å². The number of aryl methyl sites for hydroxylation is 1. The monoisotopic (exact) mass is 344 g/mol. The zero-order valence-corrected chi connectivity index (χ0v) is 15.7. The van der Waals surface area contributed by atoms with Crippen LogP contribution in [0.5, 0.6) is 0 Å². The Balaban J connectivity index is 2.12. The van der Waals surface area contributed by atoms with E-state index in [4.69, 9.17) is 0 Å². The second kappa shape index (κ2) is 7.80. The smallest absolute Gasteiger partial charge is 0.238 e. The Morgan fingerprint density at radius 2 is 1.92 bits per heavy atom. The third-order valence-electron chi connectivity index (χ3n) is 3.98. The first-order valence-corrected chi connectivity index (χ1v) is 8.57. The van der Waals surface area contributed by atoms with E-state index in [0.717, 1.165) is 22.8 Å². The van der Waals surface area contributed by atoms with Crippen LogP contribution in [-0.2, 0) is 4.79 Å². The summed E-state index contributed by atoms with van der Waals surface area (Å²) < 4.78 is 1.83. The number of amides is 1. The molecule has 0 unspecified atom stereocenters. The van der Waals surface area contributed by atoms with E-state index in [9.17, 15) is 9.90 Å². The van der Waals surface area contributed by atoms with Gasteiger partial charge in [0.25, 0.3) is 0 Å². The van der Waals surface area contributed by atoms with E-state index in [2.05, 4.69) is 10.4 Å². The predicted octanol–water partition coefficient (Wildman–Crippen LogP) is 2.52. The molecule has 0 fully saturated rings. The Morgan fingerprint density at radius 1 is 1.28 bits per heavy atom. The number of benzene rings is 1. The molecule has 0 aliphatic rings. The molecule has 2 aromatic rings. The van der Waals surface area contributed by atoms with Gasteiger partial charge in [-0.05, 0) is 46.4 Å². The summed E-state index contributed by atoms with van der Waals surface area (Å²) in [5.74, 6) is -0.107. The van der Waals surface area contributed by atoms with E-state index in [1.165, 1.54) is 0 Å². The number of anilines is 1. The molecule has 6 heteroatoms. The fourth-order valence-electron chi connectivity index (χ4n) is 2.85. The molecule has 0 spiro atoms. The number of aliphatic hydroxyl groups is 1. The maximum atomic E-state index is 12.4. The van der Waals surface area contributed by atoms with E-state index in [1.807, 2.05) is 60.7 Å². The number of nitrogens with one attached hydrogen (secondary N) is 1. The fourth-order valence-corrected chi connectivity index (χ4v) is 2.85. The highest BCUT2D eigenvalue weighted by atomic mass is 16.3. The lowest BCUT2D eigenvalue weighted by Gasteiger charge is -2.27. The summed E-state index contributed by atoms with van der Waals surface area (Å²) in [5, 5.41) is 17.5. The minimum absolute atomic E-state index is 0.107. The van der Waals surface area contributed by atoms with Gasteiger partial charge in [0.1, 0.15) is 0 Å². The predicted molar refractivity (Wildman–Crippen MR) is 100 cm³/mol. The summed E-state index contributed by atoms with van der Waals surface area (Å²) in [7, 11) is 0. The van der Waals surface area contributed by atoms with Crippen LogP contribution in [-0.4, -0.2) is 50.9 Å². The maximum absolute atomic E-state index is 12.4. The van der Waals surface area contributed by atoms with Crippen molar-refractivity contribution < 1.29 is 9.90 Å². The number of hydrogen-bond acceptors (Lipinski definition) is 4. The summed E-state index contributed by atoms with van der Waals surface area (Å²) in [6.45, 7) is 10.7. The zero-order chi connectivity index (χ0) is 18.6. The third-order valence-corrected chi connectivity index (χ3v) is 3.98. The second-order valence-electron chi connectivity index (χ2n) is 6.96. The van der Waals surface area contributed by atoms with Gasteiger partial charge in [-0.2, -0.15) is 5.10 Å². The van der Waals surface area contributed by atoms with E-state index in [1.54, 1.807) is 13.8 Å². The number of rotatable bonds is 7. The number of aromatic nitrogens is 2. The standard InChI is InChI=1S/C19H28N4O2/c1-6-22(13-19(4,5)25)12-17(24)20-18-14(2)21-23(15(18)3)16-10-8-7-9-11-16/h7-11,25H,6,12-13H2,1-5H3,(H,20,24). The first-order chi connectivity index (χ1) is 11.7. The van der Waals surface area contributed by atoms with Crippen LogP contribution in [0.4, 0.5) is 5.69 Å². The average Bonchev–Trinajstić information content (AvgIpc) is 2.82. The second-order valence-corrected chi connectivity index (χ2v) is 6.96. The van der Waals surface area contributed by atoms with Gasteiger partial charge in [-0.15, -0.1) is 0 Å². The fraction of sp³-hybridized carbons (Fsp3) is 0.474. The highest BCUT2D eigenvalue weighted by molar-refractivity contribution is 5.93. The van der Waals surface area contributed by atoms with Crippen LogP contribution in [0.15, 0.2) is 30.3 Å². The van der Waals surface area contributed by atoms with Crippen molar-refractivity contribution in [3.05, 3.63) is 41.7 Å². The quantitative estimate of drug-likeness (QED) is 0.810. The van der Waals surface area contributed by atoms with Crippen molar-refractivity contribution in [1.29, 1.82) is 0 Å². The maximum Gasteiger partial charge on any atom is 0.238 e. The van der Waals surface area contributed by atoms with Gasteiger partial charge in [0.15, 0.2) is 0 Å². The first-order valence-electron chi connectivity index (χ1n) is 8.57. The van der Waals surface area contributed by atoms with Crippen LogP contribution in [0.1, 0.15) is 32.2 Å². The Labute approximate surface area is 149 Å². The molecule has 1 amide bonds. The van der Waals surface area contributed by atoms with Crippen molar-refractivity contribution in [2.24, 2.45) is 0 Å². The summed E-state index contributed by atoms with van der Waals surface area (Å²) in [4.78, 5) is 14.4. The first kappa shape index (κ1) is 19.1. The number of para-hydroxylation sites is 1. The SMILES string of the molecule is CCN(CC(=O)Nc1c(C)nn(-c2ccccc2)c1C)CC(C)(C)O. The van der Waals surface area contributed by atoms with Crippen molar-refractivity contribution in [2.75, 3.05) is 25.0 Å². The summed E-state index contributed by atoms with van der Waals surface area (Å²) in [6.07, 6.45) is 0. The third kappa shape index (κ3) is 5.14. The van der Waals surface area contributed by atoms with Crippen LogP contribution in [0, 0.1) is 13.8 Å². The molecular formula is C19H28N4O2. The van der Waals surface area contributed by atoms with Gasteiger partial charge in [-0.3, -0.25) is 9.69 Å². The molecule has 1 aromatic carbocycles. The summed E-state index contributed by atoms with van der Waals surface area (Å²) >= 11 is 0. The van der Waals surface area contributed by atoms with Crippen LogP contribution in [0.25, 0.3) is 5.69 Å². The highest BCUT2D eigenvalue weighted by Crippen LogP contribution is 2.22. The zero-order valence-electron chi connectivity index (χ0n) is 15.7. The Kier molecular flexibility index (Phi) is 5.98. The molecule has 1 heterocycles. The Bertz CT molecular complexity index is 717. The molecule has 0 saturated heterocycles. The van der Waals surface area contributed by atoms with Gasteiger partial charge in [0, 0.05) is 6.54 Å². The molecule has 2 rings (SSSR count). The van der Waals surface area contributed by atoms with Crippen LogP contribution in [0.3, 0.4) is 0 Å². The number of nitrogens with zero attached hydrogens (tertiary/aromatic N) is 3. The number of carbonyl (C=O) groups is 1. The molecule has 0 bridgehead atoms. The minimum Gasteiger partial charge on any atom is -0.389 e. The molecule has 0 aliphatic heterocycles. The summed E-state index contributed by atoms with van der Waals surface area (Å²) in [6, 6.07) is 9.83. The molecule has 2 N–H and O–H groups in total. The molecular weight excluding hydrogens is 316 g/mol. The van der Waals surface area contributed by atoms with E-state index in [0.29, 0.717) is 13.1 Å². The Hall–Kier alpha value is -2.18. The largest absolute Gasteiger partial charge is 0.389 e. The normalized spacial score (nSPS) is 11.8. The average molecular weight is 344 g/mol. The lowest BCUT2D eigenvalue weighted by molar-refractivity contribution is -0.117. The van der Waals surface area contributed by atoms with Crippen LogP contribution < -0.4 is 5.32 Å². The summed E-state index contributed by atoms with van der Waals surface area (Å²) in [5.41, 5.74) is 2.54. The molecule has 1 aromatic heterocycles. The van der Waals surface area contributed by atoms with E-state index < -0.39 is 5.60 Å². The van der Waals surface area contributed by atoms with Gasteiger partial charge < -0.3 is 10.4 Å². The van der Waals surface area contributed by atoms with Crippen molar-refractivity contribution in [1.82, 2.24) is 14.7 Å². The number of likely N-dealkylation sites (N-methyl/N-ethyl adjacent to an activating group) is 1.